The molecule has 0 aromatic carbocycles. The fourth-order valence-corrected chi connectivity index (χ4v) is 2.13. The number of amides is 1. The van der Waals surface area contributed by atoms with E-state index in [4.69, 9.17) is 0 Å². The molecular weight excluding hydrogens is 262 g/mol. The van der Waals surface area contributed by atoms with E-state index < -0.39 is 0 Å². The first-order valence-corrected chi connectivity index (χ1v) is 7.42. The number of carbonyl (C=O) groups is 1. The molecule has 0 spiro atoms. The maximum atomic E-state index is 11.8. The predicted molar refractivity (Wildman–Crippen MR) is 78.8 cm³/mol. The molecular formula is C12H23N5OS. The molecule has 0 aliphatic rings. The number of carbonyl (C=O) groups excluding carboxylic acids is 1. The molecule has 0 aliphatic heterocycles. The molecule has 1 amide bonds. The largest absolute Gasteiger partial charge is 0.360 e. The number of aromatic nitrogens is 2. The van der Waals surface area contributed by atoms with Gasteiger partial charge in [-0.15, -0.1) is 10.2 Å². The summed E-state index contributed by atoms with van der Waals surface area (Å²) in [5.41, 5.74) is 0. The van der Waals surface area contributed by atoms with Crippen LogP contribution >= 0.6 is 11.3 Å². The maximum Gasteiger partial charge on any atom is 0.282 e. The molecule has 0 atom stereocenters. The number of anilines is 1. The summed E-state index contributed by atoms with van der Waals surface area (Å²) < 4.78 is 0. The zero-order valence-electron chi connectivity index (χ0n) is 12.1. The smallest absolute Gasteiger partial charge is 0.282 e. The molecule has 7 heteroatoms. The number of nitrogens with one attached hydrogen (secondary N) is 2. The van der Waals surface area contributed by atoms with E-state index >= 15 is 0 Å². The van der Waals surface area contributed by atoms with Crippen molar-refractivity contribution in [3.63, 3.8) is 0 Å². The number of hydrogen-bond acceptors (Lipinski definition) is 6. The summed E-state index contributed by atoms with van der Waals surface area (Å²) in [5, 5.41) is 14.8. The minimum absolute atomic E-state index is 0.145. The Kier molecular flexibility index (Phi) is 6.72. The highest BCUT2D eigenvalue weighted by Gasteiger charge is 2.11. The lowest BCUT2D eigenvalue weighted by molar-refractivity contribution is 0.0950. The van der Waals surface area contributed by atoms with Crippen LogP contribution in [0.4, 0.5) is 5.13 Å². The average molecular weight is 285 g/mol. The van der Waals surface area contributed by atoms with Crippen LogP contribution in [0, 0.1) is 0 Å². The van der Waals surface area contributed by atoms with E-state index in [2.05, 4.69) is 46.6 Å². The van der Waals surface area contributed by atoms with E-state index in [-0.39, 0.29) is 5.91 Å². The minimum Gasteiger partial charge on any atom is -0.360 e. The highest BCUT2D eigenvalue weighted by molar-refractivity contribution is 7.17. The third kappa shape index (κ3) is 5.52. The summed E-state index contributed by atoms with van der Waals surface area (Å²) in [5.74, 6) is -0.145. The van der Waals surface area contributed by atoms with Gasteiger partial charge in [-0.3, -0.25) is 4.79 Å². The van der Waals surface area contributed by atoms with Gasteiger partial charge in [0.15, 0.2) is 0 Å². The molecule has 0 aliphatic carbocycles. The molecule has 1 aromatic heterocycles. The fraction of sp³-hybridized carbons (Fsp3) is 0.750. The highest BCUT2D eigenvalue weighted by Crippen LogP contribution is 2.14. The van der Waals surface area contributed by atoms with E-state index in [1.165, 1.54) is 11.3 Å². The summed E-state index contributed by atoms with van der Waals surface area (Å²) in [6.45, 7) is 8.69. The molecule has 6 nitrogen and oxygen atoms in total. The molecule has 0 bridgehead atoms. The van der Waals surface area contributed by atoms with Crippen LogP contribution in [0.3, 0.4) is 0 Å². The number of hydrogen-bond donors (Lipinski definition) is 2. The van der Waals surface area contributed by atoms with Crippen molar-refractivity contribution < 1.29 is 4.79 Å². The molecule has 0 saturated carbocycles. The summed E-state index contributed by atoms with van der Waals surface area (Å²) in [4.78, 5) is 14.0. The summed E-state index contributed by atoms with van der Waals surface area (Å²) in [7, 11) is 2.08. The number of rotatable bonds is 8. The molecule has 1 aromatic rings. The Balaban J connectivity index is 2.27. The first-order valence-electron chi connectivity index (χ1n) is 6.60. The predicted octanol–water partition coefficient (Wildman–Crippen LogP) is 1.43. The SMILES string of the molecule is CCNc1nnc(C(=O)NCCCN(C)C(C)C)s1. The molecule has 0 unspecified atom stereocenters. The third-order valence-corrected chi connectivity index (χ3v) is 3.68. The van der Waals surface area contributed by atoms with Gasteiger partial charge in [-0.05, 0) is 40.8 Å². The Morgan fingerprint density at radius 1 is 1.42 bits per heavy atom. The molecule has 19 heavy (non-hydrogen) atoms. The van der Waals surface area contributed by atoms with Gasteiger partial charge in [0.05, 0.1) is 0 Å². The van der Waals surface area contributed by atoms with Gasteiger partial charge in [-0.1, -0.05) is 11.3 Å². The normalized spacial score (nSPS) is 11.1. The lowest BCUT2D eigenvalue weighted by Gasteiger charge is -2.20. The quantitative estimate of drug-likeness (QED) is 0.707. The van der Waals surface area contributed by atoms with E-state index in [0.29, 0.717) is 22.7 Å². The topological polar surface area (TPSA) is 70.1 Å². The van der Waals surface area contributed by atoms with Gasteiger partial charge in [0, 0.05) is 19.1 Å². The second kappa shape index (κ2) is 8.06. The van der Waals surface area contributed by atoms with Gasteiger partial charge in [-0.2, -0.15) is 0 Å². The lowest BCUT2D eigenvalue weighted by Crippen LogP contribution is -2.31. The highest BCUT2D eigenvalue weighted by atomic mass is 32.1. The van der Waals surface area contributed by atoms with Crippen molar-refractivity contribution in [2.75, 3.05) is 32.0 Å². The van der Waals surface area contributed by atoms with E-state index in [0.717, 1.165) is 19.5 Å². The van der Waals surface area contributed by atoms with Gasteiger partial charge in [0.25, 0.3) is 5.91 Å². The van der Waals surface area contributed by atoms with Crippen LogP contribution in [0.5, 0.6) is 0 Å². The zero-order valence-corrected chi connectivity index (χ0v) is 12.9. The molecule has 108 valence electrons. The number of nitrogens with zero attached hydrogens (tertiary/aromatic N) is 3. The first kappa shape index (κ1) is 15.8. The Morgan fingerprint density at radius 3 is 2.79 bits per heavy atom. The van der Waals surface area contributed by atoms with Crippen molar-refractivity contribution in [3.8, 4) is 0 Å². The average Bonchev–Trinajstić information content (AvgIpc) is 2.83. The van der Waals surface area contributed by atoms with E-state index in [1.54, 1.807) is 0 Å². The third-order valence-electron chi connectivity index (χ3n) is 2.80. The van der Waals surface area contributed by atoms with Gasteiger partial charge in [0.2, 0.25) is 10.1 Å². The monoisotopic (exact) mass is 285 g/mol. The van der Waals surface area contributed by atoms with Crippen LogP contribution < -0.4 is 10.6 Å². The van der Waals surface area contributed by atoms with Crippen molar-refractivity contribution in [1.29, 1.82) is 0 Å². The van der Waals surface area contributed by atoms with E-state index in [9.17, 15) is 4.79 Å². The Hall–Kier alpha value is -1.21. The zero-order chi connectivity index (χ0) is 14.3. The van der Waals surface area contributed by atoms with Crippen molar-refractivity contribution in [3.05, 3.63) is 5.01 Å². The molecule has 0 saturated heterocycles. The van der Waals surface area contributed by atoms with Crippen molar-refractivity contribution in [2.45, 2.75) is 33.2 Å². The van der Waals surface area contributed by atoms with Crippen LogP contribution in [0.2, 0.25) is 0 Å². The van der Waals surface area contributed by atoms with Crippen LogP contribution in [0.1, 0.15) is 37.0 Å². The summed E-state index contributed by atoms with van der Waals surface area (Å²) in [6.07, 6.45) is 0.930. The van der Waals surface area contributed by atoms with Crippen LogP contribution in [-0.2, 0) is 0 Å². The van der Waals surface area contributed by atoms with E-state index in [1.807, 2.05) is 6.92 Å². The second-order valence-electron chi connectivity index (χ2n) is 4.63. The Morgan fingerprint density at radius 2 is 2.16 bits per heavy atom. The van der Waals surface area contributed by atoms with Crippen molar-refractivity contribution in [1.82, 2.24) is 20.4 Å². The van der Waals surface area contributed by atoms with Crippen LogP contribution in [0.15, 0.2) is 0 Å². The lowest BCUT2D eigenvalue weighted by atomic mass is 10.3. The Bertz CT molecular complexity index is 393. The van der Waals surface area contributed by atoms with Gasteiger partial charge >= 0.3 is 0 Å². The standard InChI is InChI=1S/C12H23N5OS/c1-5-13-12-16-15-11(19-12)10(18)14-7-6-8-17(4)9(2)3/h9H,5-8H2,1-4H3,(H,13,16)(H,14,18). The van der Waals surface area contributed by atoms with Gasteiger partial charge in [-0.25, -0.2) is 0 Å². The molecule has 2 N–H and O–H groups in total. The minimum atomic E-state index is -0.145. The van der Waals surface area contributed by atoms with Crippen LogP contribution in [-0.4, -0.2) is 53.7 Å². The fourth-order valence-electron chi connectivity index (χ4n) is 1.40. The van der Waals surface area contributed by atoms with Gasteiger partial charge in [0.1, 0.15) is 0 Å². The first-order chi connectivity index (χ1) is 9.04. The molecule has 0 radical (unpaired) electrons. The molecule has 0 fully saturated rings. The molecule has 1 rings (SSSR count). The second-order valence-corrected chi connectivity index (χ2v) is 5.60. The van der Waals surface area contributed by atoms with Crippen molar-refractivity contribution >= 4 is 22.4 Å². The van der Waals surface area contributed by atoms with Crippen molar-refractivity contribution in [2.24, 2.45) is 0 Å². The summed E-state index contributed by atoms with van der Waals surface area (Å²) >= 11 is 1.28. The van der Waals surface area contributed by atoms with Gasteiger partial charge < -0.3 is 15.5 Å². The van der Waals surface area contributed by atoms with Crippen LogP contribution in [0.25, 0.3) is 0 Å². The molecule has 1 heterocycles. The maximum absolute atomic E-state index is 11.8. The Labute approximate surface area is 118 Å². The summed E-state index contributed by atoms with van der Waals surface area (Å²) in [6, 6.07) is 0.529.